The Morgan fingerprint density at radius 3 is 2.89 bits per heavy atom. The van der Waals surface area contributed by atoms with Gasteiger partial charge in [0.15, 0.2) is 5.16 Å². The average Bonchev–Trinajstić information content (AvgIpc) is 3.26. The number of anilines is 1. The second-order valence-electron chi connectivity index (χ2n) is 6.28. The lowest BCUT2D eigenvalue weighted by Crippen LogP contribution is -2.30. The molecule has 1 aromatic heterocycles. The number of rotatable bonds is 5. The summed E-state index contributed by atoms with van der Waals surface area (Å²) in [6.07, 6.45) is 0.640. The number of aromatic nitrogens is 2. The first-order chi connectivity index (χ1) is 13.1. The third-order valence-electron chi connectivity index (χ3n) is 4.73. The number of aryl methyl sites for hydroxylation is 1. The number of non-ortho nitro benzene ring substituents is 1. The maximum atomic E-state index is 12.7. The fraction of sp³-hybridized carbons (Fsp3) is 0.263. The van der Waals surface area contributed by atoms with E-state index in [1.54, 1.807) is 17.0 Å². The van der Waals surface area contributed by atoms with Gasteiger partial charge in [-0.25, -0.2) is 4.98 Å². The van der Waals surface area contributed by atoms with Crippen molar-refractivity contribution in [1.29, 1.82) is 0 Å². The SMILES string of the molecule is CCn1c(SCC(=O)N2CCc3cc([N+](=O)[O-])ccc32)nc2ccccc21. The molecule has 0 spiro atoms. The highest BCUT2D eigenvalue weighted by atomic mass is 32.2. The summed E-state index contributed by atoms with van der Waals surface area (Å²) in [6.45, 7) is 3.40. The molecule has 0 fully saturated rings. The second kappa shape index (κ2) is 7.03. The van der Waals surface area contributed by atoms with Crippen molar-refractivity contribution in [3.8, 4) is 0 Å². The van der Waals surface area contributed by atoms with Crippen molar-refractivity contribution in [2.75, 3.05) is 17.2 Å². The molecule has 2 aromatic carbocycles. The van der Waals surface area contributed by atoms with E-state index in [1.165, 1.54) is 17.8 Å². The molecule has 3 aromatic rings. The van der Waals surface area contributed by atoms with E-state index in [2.05, 4.69) is 16.5 Å². The molecule has 138 valence electrons. The van der Waals surface area contributed by atoms with Crippen LogP contribution in [0.1, 0.15) is 12.5 Å². The van der Waals surface area contributed by atoms with Crippen LogP contribution in [0.15, 0.2) is 47.6 Å². The summed E-state index contributed by atoms with van der Waals surface area (Å²) < 4.78 is 2.11. The van der Waals surface area contributed by atoms with Crippen LogP contribution in [-0.4, -0.2) is 32.7 Å². The van der Waals surface area contributed by atoms with E-state index in [9.17, 15) is 14.9 Å². The quantitative estimate of drug-likeness (QED) is 0.382. The zero-order valence-electron chi connectivity index (χ0n) is 14.8. The monoisotopic (exact) mass is 382 g/mol. The summed E-state index contributed by atoms with van der Waals surface area (Å²) in [5.74, 6) is 0.266. The van der Waals surface area contributed by atoms with Crippen molar-refractivity contribution < 1.29 is 9.72 Å². The topological polar surface area (TPSA) is 81.3 Å². The number of amides is 1. The van der Waals surface area contributed by atoms with Gasteiger partial charge in [-0.05, 0) is 37.1 Å². The first kappa shape index (κ1) is 17.5. The van der Waals surface area contributed by atoms with Gasteiger partial charge < -0.3 is 9.47 Å². The molecule has 0 aliphatic carbocycles. The normalized spacial score (nSPS) is 13.1. The predicted molar refractivity (Wildman–Crippen MR) is 105 cm³/mol. The second-order valence-corrected chi connectivity index (χ2v) is 7.22. The Labute approximate surface area is 160 Å². The van der Waals surface area contributed by atoms with Gasteiger partial charge in [-0.3, -0.25) is 14.9 Å². The van der Waals surface area contributed by atoms with E-state index in [-0.39, 0.29) is 17.3 Å². The maximum Gasteiger partial charge on any atom is 0.269 e. The number of carbonyl (C=O) groups excluding carboxylic acids is 1. The zero-order chi connectivity index (χ0) is 19.0. The lowest BCUT2D eigenvalue weighted by atomic mass is 10.1. The number of hydrogen-bond donors (Lipinski definition) is 0. The smallest absolute Gasteiger partial charge is 0.269 e. The minimum atomic E-state index is -0.407. The number of nitro benzene ring substituents is 1. The Bertz CT molecular complexity index is 1050. The molecule has 4 rings (SSSR count). The van der Waals surface area contributed by atoms with Crippen LogP contribution in [0.4, 0.5) is 11.4 Å². The molecule has 0 saturated heterocycles. The number of fused-ring (bicyclic) bond motifs is 2. The van der Waals surface area contributed by atoms with E-state index in [0.29, 0.717) is 13.0 Å². The molecule has 1 aliphatic rings. The van der Waals surface area contributed by atoms with Crippen molar-refractivity contribution in [3.63, 3.8) is 0 Å². The summed E-state index contributed by atoms with van der Waals surface area (Å²) in [5, 5.41) is 11.8. The van der Waals surface area contributed by atoms with Crippen LogP contribution in [0.2, 0.25) is 0 Å². The van der Waals surface area contributed by atoms with Gasteiger partial charge >= 0.3 is 0 Å². The molecule has 7 nitrogen and oxygen atoms in total. The Balaban J connectivity index is 1.51. The highest BCUT2D eigenvalue weighted by molar-refractivity contribution is 7.99. The molecule has 0 N–H and O–H groups in total. The molecule has 1 aliphatic heterocycles. The van der Waals surface area contributed by atoms with Gasteiger partial charge in [-0.15, -0.1) is 0 Å². The van der Waals surface area contributed by atoms with Crippen molar-refractivity contribution in [2.24, 2.45) is 0 Å². The lowest BCUT2D eigenvalue weighted by Gasteiger charge is -2.17. The maximum absolute atomic E-state index is 12.7. The van der Waals surface area contributed by atoms with Crippen LogP contribution in [0, 0.1) is 10.1 Å². The summed E-state index contributed by atoms with van der Waals surface area (Å²) in [6, 6.07) is 12.6. The molecule has 2 heterocycles. The third kappa shape index (κ3) is 3.16. The average molecular weight is 382 g/mol. The summed E-state index contributed by atoms with van der Waals surface area (Å²) in [7, 11) is 0. The van der Waals surface area contributed by atoms with E-state index >= 15 is 0 Å². The number of carbonyl (C=O) groups is 1. The first-order valence-corrected chi connectivity index (χ1v) is 9.72. The molecule has 8 heteroatoms. The molecule has 1 amide bonds. The number of benzene rings is 2. The summed E-state index contributed by atoms with van der Waals surface area (Å²) in [4.78, 5) is 29.6. The van der Waals surface area contributed by atoms with E-state index in [1.807, 2.05) is 24.3 Å². The third-order valence-corrected chi connectivity index (χ3v) is 5.69. The molecule has 27 heavy (non-hydrogen) atoms. The van der Waals surface area contributed by atoms with E-state index in [0.717, 1.165) is 34.0 Å². The highest BCUT2D eigenvalue weighted by Gasteiger charge is 2.26. The summed E-state index contributed by atoms with van der Waals surface area (Å²) >= 11 is 1.43. The van der Waals surface area contributed by atoms with Gasteiger partial charge in [0.2, 0.25) is 5.91 Å². The van der Waals surface area contributed by atoms with Gasteiger partial charge in [-0.1, -0.05) is 23.9 Å². The van der Waals surface area contributed by atoms with Gasteiger partial charge in [0, 0.05) is 30.9 Å². The lowest BCUT2D eigenvalue weighted by molar-refractivity contribution is -0.384. The first-order valence-electron chi connectivity index (χ1n) is 8.74. The predicted octanol–water partition coefficient (Wildman–Crippen LogP) is 3.65. The van der Waals surface area contributed by atoms with Crippen LogP contribution in [0.25, 0.3) is 11.0 Å². The zero-order valence-corrected chi connectivity index (χ0v) is 15.6. The molecular weight excluding hydrogens is 364 g/mol. The van der Waals surface area contributed by atoms with Crippen LogP contribution in [-0.2, 0) is 17.8 Å². The van der Waals surface area contributed by atoms with Gasteiger partial charge in [0.05, 0.1) is 21.7 Å². The Morgan fingerprint density at radius 1 is 1.30 bits per heavy atom. The molecular formula is C19H18N4O3S. The molecule has 0 unspecified atom stereocenters. The largest absolute Gasteiger partial charge is 0.319 e. The van der Waals surface area contributed by atoms with Crippen LogP contribution in [0.3, 0.4) is 0 Å². The fourth-order valence-electron chi connectivity index (χ4n) is 3.43. The van der Waals surface area contributed by atoms with Crippen molar-refractivity contribution in [2.45, 2.75) is 25.0 Å². The van der Waals surface area contributed by atoms with Crippen LogP contribution in [0.5, 0.6) is 0 Å². The van der Waals surface area contributed by atoms with Crippen molar-refractivity contribution in [3.05, 3.63) is 58.1 Å². The number of thioether (sulfide) groups is 1. The number of imidazole rings is 1. The Morgan fingerprint density at radius 2 is 2.11 bits per heavy atom. The Kier molecular flexibility index (Phi) is 4.57. The van der Waals surface area contributed by atoms with E-state index in [4.69, 9.17) is 0 Å². The van der Waals surface area contributed by atoms with Gasteiger partial charge in [0.1, 0.15) is 0 Å². The highest BCUT2D eigenvalue weighted by Crippen LogP contribution is 2.32. The number of para-hydroxylation sites is 2. The van der Waals surface area contributed by atoms with E-state index < -0.39 is 4.92 Å². The molecule has 0 bridgehead atoms. The van der Waals surface area contributed by atoms with Gasteiger partial charge in [0.25, 0.3) is 5.69 Å². The number of nitro groups is 1. The van der Waals surface area contributed by atoms with Crippen molar-refractivity contribution >= 4 is 40.1 Å². The number of hydrogen-bond acceptors (Lipinski definition) is 5. The van der Waals surface area contributed by atoms with Crippen molar-refractivity contribution in [1.82, 2.24) is 9.55 Å². The summed E-state index contributed by atoms with van der Waals surface area (Å²) in [5.41, 5.74) is 3.68. The minimum Gasteiger partial charge on any atom is -0.319 e. The molecule has 0 atom stereocenters. The Hall–Kier alpha value is -2.87. The molecule has 0 saturated carbocycles. The van der Waals surface area contributed by atoms with Gasteiger partial charge in [-0.2, -0.15) is 0 Å². The van der Waals surface area contributed by atoms with Crippen LogP contribution >= 0.6 is 11.8 Å². The minimum absolute atomic E-state index is 0.0117. The fourth-order valence-corrected chi connectivity index (χ4v) is 4.39. The molecule has 0 radical (unpaired) electrons. The van der Waals surface area contributed by atoms with Crippen LogP contribution < -0.4 is 4.90 Å². The standard InChI is InChI=1S/C19H18N4O3S/c1-2-21-17-6-4-3-5-15(17)20-19(21)27-12-18(24)22-10-9-13-11-14(23(25)26)7-8-16(13)22/h3-8,11H,2,9-10,12H2,1H3. The number of nitrogens with zero attached hydrogens (tertiary/aromatic N) is 4.